The van der Waals surface area contributed by atoms with Crippen LogP contribution in [0.25, 0.3) is 0 Å². The van der Waals surface area contributed by atoms with Crippen molar-refractivity contribution in [3.05, 3.63) is 23.8 Å². The molecule has 0 aromatic heterocycles. The van der Waals surface area contributed by atoms with Crippen LogP contribution in [-0.2, 0) is 9.53 Å². The van der Waals surface area contributed by atoms with Gasteiger partial charge in [-0.15, -0.1) is 0 Å². The number of rotatable bonds is 7. The summed E-state index contributed by atoms with van der Waals surface area (Å²) in [6, 6.07) is 5.82. The van der Waals surface area contributed by atoms with E-state index in [1.165, 1.54) is 6.42 Å². The lowest BCUT2D eigenvalue weighted by Crippen LogP contribution is -2.48. The van der Waals surface area contributed by atoms with Gasteiger partial charge in [-0.05, 0) is 76.1 Å². The van der Waals surface area contributed by atoms with Crippen molar-refractivity contribution in [3.63, 3.8) is 0 Å². The Morgan fingerprint density at radius 1 is 1.40 bits per heavy atom. The van der Waals surface area contributed by atoms with E-state index in [0.29, 0.717) is 12.5 Å². The van der Waals surface area contributed by atoms with Crippen LogP contribution in [0.3, 0.4) is 0 Å². The summed E-state index contributed by atoms with van der Waals surface area (Å²) in [5.41, 5.74) is 1.14. The summed E-state index contributed by atoms with van der Waals surface area (Å²) >= 11 is 0. The number of carbonyl (C=O) groups is 1. The lowest BCUT2D eigenvalue weighted by atomic mass is 9.78. The number of ether oxygens (including phenoxy) is 2. The normalized spacial score (nSPS) is 24.6. The Bertz CT molecular complexity index is 583. The SMILES string of the molecule is CCO[C@]1(C(=O)Nc2ccc(O[C@H](C)CC)c(C)c2)CCC[C@H](C)C1. The quantitative estimate of drug-likeness (QED) is 0.747. The van der Waals surface area contributed by atoms with Crippen molar-refractivity contribution < 1.29 is 14.3 Å². The van der Waals surface area contributed by atoms with Crippen molar-refractivity contribution in [1.82, 2.24) is 0 Å². The van der Waals surface area contributed by atoms with E-state index in [-0.39, 0.29) is 12.0 Å². The fourth-order valence-corrected chi connectivity index (χ4v) is 3.59. The highest BCUT2D eigenvalue weighted by molar-refractivity contribution is 5.97. The first kappa shape index (κ1) is 19.8. The fraction of sp³-hybridized carbons (Fsp3) is 0.667. The number of carbonyl (C=O) groups excluding carboxylic acids is 1. The molecule has 0 radical (unpaired) electrons. The van der Waals surface area contributed by atoms with Crippen molar-refractivity contribution in [2.45, 2.75) is 78.4 Å². The lowest BCUT2D eigenvalue weighted by molar-refractivity contribution is -0.147. The predicted octanol–water partition coefficient (Wildman–Crippen LogP) is 5.10. The predicted molar refractivity (Wildman–Crippen MR) is 102 cm³/mol. The zero-order valence-electron chi connectivity index (χ0n) is 16.4. The van der Waals surface area contributed by atoms with Crippen LogP contribution in [0.1, 0.15) is 65.4 Å². The molecule has 4 heteroatoms. The molecule has 1 aromatic carbocycles. The zero-order chi connectivity index (χ0) is 18.4. The van der Waals surface area contributed by atoms with Crippen LogP contribution in [-0.4, -0.2) is 24.2 Å². The molecule has 0 aliphatic heterocycles. The lowest BCUT2D eigenvalue weighted by Gasteiger charge is -2.38. The minimum Gasteiger partial charge on any atom is -0.490 e. The van der Waals surface area contributed by atoms with Crippen molar-refractivity contribution in [2.75, 3.05) is 11.9 Å². The minimum absolute atomic E-state index is 0.0177. The van der Waals surface area contributed by atoms with Gasteiger partial charge in [-0.1, -0.05) is 20.3 Å². The number of amides is 1. The van der Waals surface area contributed by atoms with Crippen LogP contribution in [0.5, 0.6) is 5.75 Å². The van der Waals surface area contributed by atoms with Crippen molar-refractivity contribution >= 4 is 11.6 Å². The molecule has 0 spiro atoms. The first-order chi connectivity index (χ1) is 11.9. The van der Waals surface area contributed by atoms with Gasteiger partial charge in [0.2, 0.25) is 0 Å². The third kappa shape index (κ3) is 4.97. The monoisotopic (exact) mass is 347 g/mol. The first-order valence-electron chi connectivity index (χ1n) is 9.63. The van der Waals surface area contributed by atoms with Crippen LogP contribution in [0, 0.1) is 12.8 Å². The molecule has 1 aromatic rings. The van der Waals surface area contributed by atoms with Crippen LogP contribution < -0.4 is 10.1 Å². The number of aryl methyl sites for hydroxylation is 1. The molecular weight excluding hydrogens is 314 g/mol. The Kier molecular flexibility index (Phi) is 6.88. The molecule has 2 rings (SSSR count). The van der Waals surface area contributed by atoms with Gasteiger partial charge in [0.1, 0.15) is 11.4 Å². The summed E-state index contributed by atoms with van der Waals surface area (Å²) in [6.45, 7) is 10.9. The number of hydrogen-bond acceptors (Lipinski definition) is 3. The number of nitrogens with one attached hydrogen (secondary N) is 1. The molecule has 3 atom stereocenters. The molecule has 140 valence electrons. The second kappa shape index (κ2) is 8.70. The topological polar surface area (TPSA) is 47.6 Å². The average molecular weight is 347 g/mol. The maximum absolute atomic E-state index is 13.0. The molecular formula is C21H33NO3. The van der Waals surface area contributed by atoms with E-state index in [1.54, 1.807) is 0 Å². The molecule has 1 N–H and O–H groups in total. The Morgan fingerprint density at radius 2 is 2.16 bits per heavy atom. The van der Waals surface area contributed by atoms with Gasteiger partial charge in [0.05, 0.1) is 6.10 Å². The van der Waals surface area contributed by atoms with Gasteiger partial charge < -0.3 is 14.8 Å². The van der Waals surface area contributed by atoms with Crippen LogP contribution in [0.15, 0.2) is 18.2 Å². The number of benzene rings is 1. The van der Waals surface area contributed by atoms with Gasteiger partial charge in [0, 0.05) is 12.3 Å². The van der Waals surface area contributed by atoms with Crippen LogP contribution in [0.4, 0.5) is 5.69 Å². The molecule has 0 bridgehead atoms. The van der Waals surface area contributed by atoms with Gasteiger partial charge >= 0.3 is 0 Å². The number of hydrogen-bond donors (Lipinski definition) is 1. The maximum atomic E-state index is 13.0. The second-order valence-corrected chi connectivity index (χ2v) is 7.40. The van der Waals surface area contributed by atoms with Crippen molar-refractivity contribution in [1.29, 1.82) is 0 Å². The summed E-state index contributed by atoms with van der Waals surface area (Å²) in [7, 11) is 0. The molecule has 1 aliphatic rings. The summed E-state index contributed by atoms with van der Waals surface area (Å²) in [5, 5.41) is 3.07. The standard InChI is InChI=1S/C21H33NO3/c1-6-17(5)25-19-11-10-18(13-16(19)4)22-20(23)21(24-7-2)12-8-9-15(3)14-21/h10-11,13,15,17H,6-9,12,14H2,1-5H3,(H,22,23)/t15-,17+,21+/m0/s1. The average Bonchev–Trinajstić information content (AvgIpc) is 2.57. The van der Waals surface area contributed by atoms with Crippen molar-refractivity contribution in [2.24, 2.45) is 5.92 Å². The molecule has 0 heterocycles. The van der Waals surface area contributed by atoms with Crippen LogP contribution >= 0.6 is 0 Å². The van der Waals surface area contributed by atoms with E-state index in [2.05, 4.69) is 26.1 Å². The molecule has 1 aliphatic carbocycles. The molecule has 1 saturated carbocycles. The highest BCUT2D eigenvalue weighted by atomic mass is 16.5. The van der Waals surface area contributed by atoms with E-state index in [4.69, 9.17) is 9.47 Å². The highest BCUT2D eigenvalue weighted by Gasteiger charge is 2.42. The van der Waals surface area contributed by atoms with E-state index < -0.39 is 5.60 Å². The smallest absolute Gasteiger partial charge is 0.256 e. The van der Waals surface area contributed by atoms with Gasteiger partial charge in [0.25, 0.3) is 5.91 Å². The van der Waals surface area contributed by atoms with E-state index >= 15 is 0 Å². The third-order valence-corrected chi connectivity index (χ3v) is 5.13. The van der Waals surface area contributed by atoms with Crippen LogP contribution in [0.2, 0.25) is 0 Å². The molecule has 0 saturated heterocycles. The molecule has 1 amide bonds. The Balaban J connectivity index is 2.11. The van der Waals surface area contributed by atoms with Gasteiger partial charge in [-0.2, -0.15) is 0 Å². The summed E-state index contributed by atoms with van der Waals surface area (Å²) in [4.78, 5) is 13.0. The molecule has 25 heavy (non-hydrogen) atoms. The summed E-state index contributed by atoms with van der Waals surface area (Å²) < 4.78 is 11.9. The van der Waals surface area contributed by atoms with E-state index in [1.807, 2.05) is 32.0 Å². The van der Waals surface area contributed by atoms with Gasteiger partial charge in [-0.3, -0.25) is 4.79 Å². The highest BCUT2D eigenvalue weighted by Crippen LogP contribution is 2.36. The molecule has 0 unspecified atom stereocenters. The number of anilines is 1. The second-order valence-electron chi connectivity index (χ2n) is 7.40. The fourth-order valence-electron chi connectivity index (χ4n) is 3.59. The largest absolute Gasteiger partial charge is 0.490 e. The Hall–Kier alpha value is -1.55. The minimum atomic E-state index is -0.688. The van der Waals surface area contributed by atoms with E-state index in [9.17, 15) is 4.79 Å². The Morgan fingerprint density at radius 3 is 2.76 bits per heavy atom. The maximum Gasteiger partial charge on any atom is 0.256 e. The van der Waals surface area contributed by atoms with Gasteiger partial charge in [0.15, 0.2) is 0 Å². The van der Waals surface area contributed by atoms with Crippen molar-refractivity contribution in [3.8, 4) is 5.75 Å². The zero-order valence-corrected chi connectivity index (χ0v) is 16.4. The first-order valence-corrected chi connectivity index (χ1v) is 9.63. The Labute approximate surface area is 152 Å². The summed E-state index contributed by atoms with van der Waals surface area (Å²) in [6.07, 6.45) is 4.95. The molecule has 1 fully saturated rings. The molecule has 4 nitrogen and oxygen atoms in total. The van der Waals surface area contributed by atoms with Gasteiger partial charge in [-0.25, -0.2) is 0 Å². The summed E-state index contributed by atoms with van der Waals surface area (Å²) in [5.74, 6) is 1.37. The third-order valence-electron chi connectivity index (χ3n) is 5.13. The van der Waals surface area contributed by atoms with E-state index in [0.717, 1.165) is 42.7 Å².